The quantitative estimate of drug-likeness (QED) is 0.424. The Morgan fingerprint density at radius 2 is 1.83 bits per heavy atom. The van der Waals surface area contributed by atoms with Crippen molar-refractivity contribution in [3.8, 4) is 11.3 Å². The van der Waals surface area contributed by atoms with Crippen LogP contribution >= 0.6 is 23.4 Å². The Kier molecular flexibility index (Phi) is 4.69. The van der Waals surface area contributed by atoms with Crippen molar-refractivity contribution in [2.45, 2.75) is 9.92 Å². The van der Waals surface area contributed by atoms with Crippen molar-refractivity contribution < 1.29 is 5.21 Å². The SMILES string of the molecule is Cn1nc(-c2ccccc2)c(C=NO)c1Sc1ccc(Cl)cc1. The van der Waals surface area contributed by atoms with E-state index in [1.165, 1.54) is 6.21 Å². The third-order valence-electron chi connectivity index (χ3n) is 3.29. The van der Waals surface area contributed by atoms with E-state index in [9.17, 15) is 0 Å². The maximum atomic E-state index is 9.03. The van der Waals surface area contributed by atoms with Gasteiger partial charge in [0.1, 0.15) is 10.7 Å². The lowest BCUT2D eigenvalue weighted by Crippen LogP contribution is -1.93. The molecule has 0 saturated heterocycles. The van der Waals surface area contributed by atoms with E-state index in [1.54, 1.807) is 16.4 Å². The van der Waals surface area contributed by atoms with E-state index in [1.807, 2.05) is 61.6 Å². The molecular formula is C17H14ClN3OS. The van der Waals surface area contributed by atoms with Gasteiger partial charge in [0.15, 0.2) is 0 Å². The fourth-order valence-corrected chi connectivity index (χ4v) is 3.30. The number of hydrogen-bond donors (Lipinski definition) is 1. The van der Waals surface area contributed by atoms with Gasteiger partial charge in [0.2, 0.25) is 0 Å². The van der Waals surface area contributed by atoms with Gasteiger partial charge in [-0.3, -0.25) is 4.68 Å². The van der Waals surface area contributed by atoms with Crippen LogP contribution in [0.5, 0.6) is 0 Å². The van der Waals surface area contributed by atoms with E-state index in [2.05, 4.69) is 10.3 Å². The average Bonchev–Trinajstić information content (AvgIpc) is 2.87. The number of rotatable bonds is 4. The number of halogens is 1. The molecule has 1 N–H and O–H groups in total. The molecule has 3 rings (SSSR count). The monoisotopic (exact) mass is 343 g/mol. The molecule has 0 bridgehead atoms. The Balaban J connectivity index is 2.06. The molecule has 0 aliphatic rings. The van der Waals surface area contributed by atoms with Crippen molar-refractivity contribution in [2.75, 3.05) is 0 Å². The Hall–Kier alpha value is -2.24. The number of nitrogens with zero attached hydrogens (tertiary/aromatic N) is 3. The Morgan fingerprint density at radius 1 is 1.13 bits per heavy atom. The first kappa shape index (κ1) is 15.6. The van der Waals surface area contributed by atoms with Crippen LogP contribution in [0, 0.1) is 0 Å². The lowest BCUT2D eigenvalue weighted by Gasteiger charge is -2.04. The van der Waals surface area contributed by atoms with Crippen molar-refractivity contribution in [3.05, 3.63) is 65.2 Å². The van der Waals surface area contributed by atoms with Crippen LogP contribution in [-0.2, 0) is 7.05 Å². The van der Waals surface area contributed by atoms with Crippen LogP contribution in [0.25, 0.3) is 11.3 Å². The van der Waals surface area contributed by atoms with Crippen molar-refractivity contribution >= 4 is 29.6 Å². The highest BCUT2D eigenvalue weighted by Crippen LogP contribution is 2.34. The van der Waals surface area contributed by atoms with Crippen LogP contribution in [0.3, 0.4) is 0 Å². The van der Waals surface area contributed by atoms with Crippen molar-refractivity contribution in [1.29, 1.82) is 0 Å². The van der Waals surface area contributed by atoms with Crippen LogP contribution in [-0.4, -0.2) is 21.2 Å². The maximum Gasteiger partial charge on any atom is 0.108 e. The second kappa shape index (κ2) is 6.89. The molecule has 0 amide bonds. The Labute approximate surface area is 143 Å². The van der Waals surface area contributed by atoms with Gasteiger partial charge in [0.25, 0.3) is 0 Å². The minimum atomic E-state index is 0.696. The zero-order valence-corrected chi connectivity index (χ0v) is 13.9. The molecule has 0 radical (unpaired) electrons. The predicted octanol–water partition coefficient (Wildman–Crippen LogP) is 4.70. The van der Waals surface area contributed by atoms with E-state index in [4.69, 9.17) is 16.8 Å². The van der Waals surface area contributed by atoms with Gasteiger partial charge in [-0.05, 0) is 24.3 Å². The molecule has 6 heteroatoms. The molecule has 0 spiro atoms. The average molecular weight is 344 g/mol. The van der Waals surface area contributed by atoms with Gasteiger partial charge in [-0.1, -0.05) is 58.9 Å². The van der Waals surface area contributed by atoms with Crippen LogP contribution in [0.15, 0.2) is 69.7 Å². The fraction of sp³-hybridized carbons (Fsp3) is 0.0588. The highest BCUT2D eigenvalue weighted by molar-refractivity contribution is 7.99. The summed E-state index contributed by atoms with van der Waals surface area (Å²) in [5.74, 6) is 0. The third-order valence-corrected chi connectivity index (χ3v) is 4.73. The largest absolute Gasteiger partial charge is 0.411 e. The first-order valence-electron chi connectivity index (χ1n) is 6.92. The number of hydrogen-bond acceptors (Lipinski definition) is 4. The first-order chi connectivity index (χ1) is 11.2. The van der Waals surface area contributed by atoms with E-state index in [0.717, 1.165) is 26.7 Å². The molecule has 3 aromatic rings. The zero-order chi connectivity index (χ0) is 16.2. The predicted molar refractivity (Wildman–Crippen MR) is 93.6 cm³/mol. The molecule has 2 aromatic carbocycles. The molecule has 1 aromatic heterocycles. The second-order valence-electron chi connectivity index (χ2n) is 4.86. The molecule has 23 heavy (non-hydrogen) atoms. The normalized spacial score (nSPS) is 11.2. The van der Waals surface area contributed by atoms with Crippen LogP contribution < -0.4 is 0 Å². The lowest BCUT2D eigenvalue weighted by atomic mass is 10.1. The molecule has 0 saturated carbocycles. The summed E-state index contributed by atoms with van der Waals surface area (Å²) >= 11 is 7.47. The maximum absolute atomic E-state index is 9.03. The molecule has 4 nitrogen and oxygen atoms in total. The van der Waals surface area contributed by atoms with Gasteiger partial charge in [-0.25, -0.2) is 0 Å². The van der Waals surface area contributed by atoms with Gasteiger partial charge in [0.05, 0.1) is 11.8 Å². The summed E-state index contributed by atoms with van der Waals surface area (Å²) in [7, 11) is 1.87. The fourth-order valence-electron chi connectivity index (χ4n) is 2.24. The Morgan fingerprint density at radius 3 is 2.48 bits per heavy atom. The first-order valence-corrected chi connectivity index (χ1v) is 8.12. The van der Waals surface area contributed by atoms with Gasteiger partial charge in [-0.15, -0.1) is 0 Å². The molecule has 0 fully saturated rings. The van der Waals surface area contributed by atoms with E-state index in [-0.39, 0.29) is 0 Å². The summed E-state index contributed by atoms with van der Waals surface area (Å²) in [5, 5.41) is 18.4. The third kappa shape index (κ3) is 3.41. The highest BCUT2D eigenvalue weighted by atomic mass is 35.5. The number of oxime groups is 1. The zero-order valence-electron chi connectivity index (χ0n) is 12.3. The smallest absolute Gasteiger partial charge is 0.108 e. The molecule has 1 heterocycles. The van der Waals surface area contributed by atoms with Gasteiger partial charge in [-0.2, -0.15) is 5.10 Å². The van der Waals surface area contributed by atoms with Crippen LogP contribution in [0.2, 0.25) is 5.02 Å². The summed E-state index contributed by atoms with van der Waals surface area (Å²) in [6.07, 6.45) is 1.42. The number of aromatic nitrogens is 2. The topological polar surface area (TPSA) is 50.4 Å². The summed E-state index contributed by atoms with van der Waals surface area (Å²) in [6, 6.07) is 17.4. The Bertz CT molecular complexity index is 829. The molecule has 116 valence electrons. The summed E-state index contributed by atoms with van der Waals surface area (Å²) in [5.41, 5.74) is 2.53. The molecule has 0 atom stereocenters. The standard InChI is InChI=1S/C17H14ClN3OS/c1-21-17(23-14-9-7-13(18)8-10-14)15(11-19-22)16(20-21)12-5-3-2-4-6-12/h2-11,22H,1H3. The van der Waals surface area contributed by atoms with E-state index >= 15 is 0 Å². The minimum Gasteiger partial charge on any atom is -0.411 e. The minimum absolute atomic E-state index is 0.696. The van der Waals surface area contributed by atoms with Gasteiger partial charge < -0.3 is 5.21 Å². The lowest BCUT2D eigenvalue weighted by molar-refractivity contribution is 0.321. The van der Waals surface area contributed by atoms with Crippen molar-refractivity contribution in [2.24, 2.45) is 12.2 Å². The van der Waals surface area contributed by atoms with Crippen LogP contribution in [0.4, 0.5) is 0 Å². The molecule has 0 aliphatic carbocycles. The van der Waals surface area contributed by atoms with E-state index in [0.29, 0.717) is 5.02 Å². The molecule has 0 aliphatic heterocycles. The van der Waals surface area contributed by atoms with E-state index < -0.39 is 0 Å². The van der Waals surface area contributed by atoms with Crippen molar-refractivity contribution in [3.63, 3.8) is 0 Å². The van der Waals surface area contributed by atoms with Crippen molar-refractivity contribution in [1.82, 2.24) is 9.78 Å². The number of benzene rings is 2. The molecule has 0 unspecified atom stereocenters. The van der Waals surface area contributed by atoms with Gasteiger partial charge >= 0.3 is 0 Å². The summed E-state index contributed by atoms with van der Waals surface area (Å²) in [4.78, 5) is 1.03. The van der Waals surface area contributed by atoms with Crippen LogP contribution in [0.1, 0.15) is 5.56 Å². The highest BCUT2D eigenvalue weighted by Gasteiger charge is 2.17. The number of aryl methyl sites for hydroxylation is 1. The summed E-state index contributed by atoms with van der Waals surface area (Å²) in [6.45, 7) is 0. The summed E-state index contributed by atoms with van der Waals surface area (Å²) < 4.78 is 1.79. The van der Waals surface area contributed by atoms with Gasteiger partial charge in [0, 0.05) is 22.5 Å². The second-order valence-corrected chi connectivity index (χ2v) is 6.36. The molecular weight excluding hydrogens is 330 g/mol.